The van der Waals surface area contributed by atoms with E-state index in [0.29, 0.717) is 6.04 Å². The molecule has 1 atom stereocenters. The van der Waals surface area contributed by atoms with Crippen LogP contribution in [0.1, 0.15) is 62.2 Å². The zero-order valence-corrected chi connectivity index (χ0v) is 17.9. The van der Waals surface area contributed by atoms with Crippen LogP contribution in [0.2, 0.25) is 0 Å². The van der Waals surface area contributed by atoms with E-state index >= 15 is 0 Å². The molecule has 2 aromatic rings. The van der Waals surface area contributed by atoms with E-state index in [1.165, 1.54) is 60.0 Å². The highest BCUT2D eigenvalue weighted by Gasteiger charge is 2.24. The van der Waals surface area contributed by atoms with Gasteiger partial charge in [0.1, 0.15) is 16.5 Å². The number of fused-ring (bicyclic) bond motifs is 3. The standard InChI is InChI=1S/C22H32N4S/c1-5-15(2)25(4)21-20-17-10-6-7-11-18(17)27-22(20)24-19(23-21)14-16(3)26-12-8-9-13-26/h15H,3,5-14H2,1-2,4H3/t15-/m0/s1. The molecule has 5 heteroatoms. The number of aromatic nitrogens is 2. The number of anilines is 1. The molecule has 0 unspecified atom stereocenters. The average Bonchev–Trinajstić information content (AvgIpc) is 3.33. The summed E-state index contributed by atoms with van der Waals surface area (Å²) in [5.41, 5.74) is 2.70. The van der Waals surface area contributed by atoms with Gasteiger partial charge in [-0.2, -0.15) is 0 Å². The van der Waals surface area contributed by atoms with Gasteiger partial charge >= 0.3 is 0 Å². The average molecular weight is 385 g/mol. The molecule has 0 N–H and O–H groups in total. The maximum atomic E-state index is 5.10. The van der Waals surface area contributed by atoms with Crippen LogP contribution in [0.15, 0.2) is 12.3 Å². The van der Waals surface area contributed by atoms with Crippen molar-refractivity contribution in [3.63, 3.8) is 0 Å². The molecule has 3 heterocycles. The normalized spacial score (nSPS) is 18.0. The van der Waals surface area contributed by atoms with Gasteiger partial charge in [0.05, 0.1) is 5.39 Å². The van der Waals surface area contributed by atoms with Crippen LogP contribution >= 0.6 is 11.3 Å². The molecule has 1 aliphatic carbocycles. The largest absolute Gasteiger partial charge is 0.375 e. The molecule has 0 aromatic carbocycles. The first kappa shape index (κ1) is 18.7. The minimum absolute atomic E-state index is 0.469. The van der Waals surface area contributed by atoms with E-state index in [1.807, 2.05) is 11.3 Å². The lowest BCUT2D eigenvalue weighted by atomic mass is 9.96. The van der Waals surface area contributed by atoms with Gasteiger partial charge in [-0.25, -0.2) is 9.97 Å². The number of hydrogen-bond acceptors (Lipinski definition) is 5. The van der Waals surface area contributed by atoms with Crippen molar-refractivity contribution in [3.8, 4) is 0 Å². The Morgan fingerprint density at radius 2 is 1.93 bits per heavy atom. The minimum Gasteiger partial charge on any atom is -0.375 e. The molecule has 146 valence electrons. The van der Waals surface area contributed by atoms with Crippen LogP contribution in [0.5, 0.6) is 0 Å². The van der Waals surface area contributed by atoms with Crippen LogP contribution in [-0.2, 0) is 19.3 Å². The molecule has 27 heavy (non-hydrogen) atoms. The van der Waals surface area contributed by atoms with Crippen molar-refractivity contribution >= 4 is 27.4 Å². The van der Waals surface area contributed by atoms with Crippen LogP contribution in [0.4, 0.5) is 5.82 Å². The summed E-state index contributed by atoms with van der Waals surface area (Å²) in [6, 6.07) is 0.469. The predicted octanol–water partition coefficient (Wildman–Crippen LogP) is 4.96. The number of likely N-dealkylation sites (tertiary alicyclic amines) is 1. The van der Waals surface area contributed by atoms with Gasteiger partial charge in [0.25, 0.3) is 0 Å². The van der Waals surface area contributed by atoms with Gasteiger partial charge in [-0.15, -0.1) is 11.3 Å². The molecular formula is C22H32N4S. The SMILES string of the molecule is C=C(Cc1nc(N(C)[C@@H](C)CC)c2c3c(sc2n1)CCCC3)N1CCCC1. The first-order valence-electron chi connectivity index (χ1n) is 10.5. The Balaban J connectivity index is 1.75. The van der Waals surface area contributed by atoms with E-state index in [4.69, 9.17) is 9.97 Å². The second-order valence-corrected chi connectivity index (χ2v) is 9.24. The number of hydrogen-bond donors (Lipinski definition) is 0. The summed E-state index contributed by atoms with van der Waals surface area (Å²) in [7, 11) is 2.20. The van der Waals surface area contributed by atoms with E-state index in [9.17, 15) is 0 Å². The quantitative estimate of drug-likeness (QED) is 0.705. The van der Waals surface area contributed by atoms with Crippen molar-refractivity contribution in [2.75, 3.05) is 25.0 Å². The zero-order chi connectivity index (χ0) is 19.0. The molecule has 0 bridgehead atoms. The third-order valence-electron chi connectivity index (χ3n) is 6.34. The Morgan fingerprint density at radius 3 is 2.67 bits per heavy atom. The summed E-state index contributed by atoms with van der Waals surface area (Å²) in [6.07, 6.45) is 9.42. The van der Waals surface area contributed by atoms with Crippen LogP contribution < -0.4 is 4.90 Å². The van der Waals surface area contributed by atoms with E-state index in [-0.39, 0.29) is 0 Å². The monoisotopic (exact) mass is 384 g/mol. The summed E-state index contributed by atoms with van der Waals surface area (Å²) in [5, 5.41) is 1.33. The summed E-state index contributed by atoms with van der Waals surface area (Å²) in [6.45, 7) is 11.1. The molecular weight excluding hydrogens is 352 g/mol. The molecule has 2 aliphatic rings. The van der Waals surface area contributed by atoms with Gasteiger partial charge in [-0.3, -0.25) is 0 Å². The van der Waals surface area contributed by atoms with Crippen molar-refractivity contribution in [1.29, 1.82) is 0 Å². The Kier molecular flexibility index (Phi) is 5.40. The molecule has 0 radical (unpaired) electrons. The zero-order valence-electron chi connectivity index (χ0n) is 17.1. The Bertz CT molecular complexity index is 834. The number of nitrogens with zero attached hydrogens (tertiary/aromatic N) is 4. The van der Waals surface area contributed by atoms with Crippen LogP contribution in [0.3, 0.4) is 0 Å². The second kappa shape index (κ2) is 7.78. The number of aryl methyl sites for hydroxylation is 2. The van der Waals surface area contributed by atoms with E-state index in [2.05, 4.69) is 37.3 Å². The van der Waals surface area contributed by atoms with Crippen LogP contribution in [-0.4, -0.2) is 41.0 Å². The molecule has 0 spiro atoms. The lowest BCUT2D eigenvalue weighted by Crippen LogP contribution is -2.29. The molecule has 4 nitrogen and oxygen atoms in total. The Morgan fingerprint density at radius 1 is 1.19 bits per heavy atom. The highest BCUT2D eigenvalue weighted by Crippen LogP contribution is 2.40. The Labute approximate surface area is 167 Å². The van der Waals surface area contributed by atoms with E-state index in [1.54, 1.807) is 4.88 Å². The lowest BCUT2D eigenvalue weighted by molar-refractivity contribution is 0.416. The summed E-state index contributed by atoms with van der Waals surface area (Å²) in [5.74, 6) is 2.07. The smallest absolute Gasteiger partial charge is 0.141 e. The van der Waals surface area contributed by atoms with Crippen molar-refractivity contribution < 1.29 is 0 Å². The number of rotatable bonds is 6. The first-order chi connectivity index (χ1) is 13.1. The molecule has 1 aliphatic heterocycles. The topological polar surface area (TPSA) is 32.3 Å². The Hall–Kier alpha value is -1.62. The molecule has 0 saturated carbocycles. The molecule has 0 amide bonds. The van der Waals surface area contributed by atoms with Gasteiger partial charge in [0.15, 0.2) is 0 Å². The van der Waals surface area contributed by atoms with Crippen molar-refractivity contribution in [3.05, 3.63) is 28.5 Å². The lowest BCUT2D eigenvalue weighted by Gasteiger charge is -2.27. The van der Waals surface area contributed by atoms with Crippen LogP contribution in [0.25, 0.3) is 10.2 Å². The summed E-state index contributed by atoms with van der Waals surface area (Å²) < 4.78 is 0. The third-order valence-corrected chi connectivity index (χ3v) is 7.53. The maximum absolute atomic E-state index is 5.10. The van der Waals surface area contributed by atoms with Crippen molar-refractivity contribution in [2.45, 2.75) is 71.3 Å². The molecule has 1 saturated heterocycles. The van der Waals surface area contributed by atoms with Gasteiger partial charge in [0.2, 0.25) is 0 Å². The fraction of sp³-hybridized carbons (Fsp3) is 0.636. The van der Waals surface area contributed by atoms with Crippen molar-refractivity contribution in [1.82, 2.24) is 14.9 Å². The van der Waals surface area contributed by atoms with E-state index in [0.717, 1.165) is 37.6 Å². The van der Waals surface area contributed by atoms with Crippen molar-refractivity contribution in [2.24, 2.45) is 0 Å². The van der Waals surface area contributed by atoms with Crippen LogP contribution in [0, 0.1) is 0 Å². The molecule has 4 rings (SSSR count). The fourth-order valence-corrected chi connectivity index (χ4v) is 5.60. The third kappa shape index (κ3) is 3.58. The highest BCUT2D eigenvalue weighted by molar-refractivity contribution is 7.19. The van der Waals surface area contributed by atoms with Gasteiger partial charge in [-0.05, 0) is 57.4 Å². The minimum atomic E-state index is 0.469. The van der Waals surface area contributed by atoms with Gasteiger partial charge in [-0.1, -0.05) is 13.5 Å². The number of allylic oxidation sites excluding steroid dienone is 1. The summed E-state index contributed by atoms with van der Waals surface area (Å²) >= 11 is 1.90. The molecule has 2 aromatic heterocycles. The van der Waals surface area contributed by atoms with Gasteiger partial charge in [0, 0.05) is 43.2 Å². The second-order valence-electron chi connectivity index (χ2n) is 8.16. The van der Waals surface area contributed by atoms with E-state index < -0.39 is 0 Å². The number of thiophene rings is 1. The fourth-order valence-electron chi connectivity index (χ4n) is 4.33. The first-order valence-corrected chi connectivity index (χ1v) is 11.4. The van der Waals surface area contributed by atoms with Gasteiger partial charge < -0.3 is 9.80 Å². The maximum Gasteiger partial charge on any atom is 0.141 e. The predicted molar refractivity (Wildman–Crippen MR) is 116 cm³/mol. The molecule has 1 fully saturated rings. The summed E-state index contributed by atoms with van der Waals surface area (Å²) in [4.78, 5) is 17.6. The highest BCUT2D eigenvalue weighted by atomic mass is 32.1.